The van der Waals surface area contributed by atoms with E-state index in [2.05, 4.69) is 60.6 Å². The van der Waals surface area contributed by atoms with Crippen LogP contribution in [-0.2, 0) is 6.54 Å². The van der Waals surface area contributed by atoms with E-state index in [1.54, 1.807) is 17.5 Å². The molecule has 0 aliphatic rings. The molecule has 102 valence electrons. The zero-order valence-corrected chi connectivity index (χ0v) is 13.5. The molecule has 0 saturated heterocycles. The van der Waals surface area contributed by atoms with Gasteiger partial charge in [0.15, 0.2) is 0 Å². The van der Waals surface area contributed by atoms with Crippen LogP contribution < -0.4 is 10.2 Å². The Balaban J connectivity index is 2.13. The van der Waals surface area contributed by atoms with Gasteiger partial charge in [-0.25, -0.2) is 4.98 Å². The number of nitrogens with one attached hydrogen (secondary N) is 1. The van der Waals surface area contributed by atoms with E-state index in [9.17, 15) is 0 Å². The van der Waals surface area contributed by atoms with Crippen LogP contribution in [0.5, 0.6) is 0 Å². The molecule has 0 unspecified atom stereocenters. The highest BCUT2D eigenvalue weighted by molar-refractivity contribution is 9.10. The maximum atomic E-state index is 4.55. The van der Waals surface area contributed by atoms with E-state index in [1.807, 2.05) is 7.05 Å². The Bertz CT molecular complexity index is 515. The quantitative estimate of drug-likeness (QED) is 0.869. The second-order valence-electron chi connectivity index (χ2n) is 4.23. The predicted octanol–water partition coefficient (Wildman–Crippen LogP) is 3.76. The fourth-order valence-electron chi connectivity index (χ4n) is 1.66. The van der Waals surface area contributed by atoms with Gasteiger partial charge in [-0.3, -0.25) is 0 Å². The molecule has 0 radical (unpaired) electrons. The van der Waals surface area contributed by atoms with Crippen LogP contribution in [0.2, 0.25) is 0 Å². The van der Waals surface area contributed by atoms with Crippen molar-refractivity contribution in [3.8, 4) is 0 Å². The van der Waals surface area contributed by atoms with E-state index in [-0.39, 0.29) is 0 Å². The summed E-state index contributed by atoms with van der Waals surface area (Å²) in [5.74, 6) is 1.58. The van der Waals surface area contributed by atoms with Gasteiger partial charge < -0.3 is 10.2 Å². The molecule has 0 fully saturated rings. The van der Waals surface area contributed by atoms with Crippen molar-refractivity contribution in [2.45, 2.75) is 19.9 Å². The summed E-state index contributed by atoms with van der Waals surface area (Å²) in [7, 11) is 2.04. The average Bonchev–Trinajstić information content (AvgIpc) is 2.90. The molecule has 19 heavy (non-hydrogen) atoms. The van der Waals surface area contributed by atoms with Crippen molar-refractivity contribution in [1.82, 2.24) is 9.97 Å². The third-order valence-electron chi connectivity index (χ3n) is 2.59. The molecular weight excluding hydrogens is 324 g/mol. The van der Waals surface area contributed by atoms with Crippen molar-refractivity contribution >= 4 is 39.0 Å². The van der Waals surface area contributed by atoms with Gasteiger partial charge in [0.2, 0.25) is 5.95 Å². The van der Waals surface area contributed by atoms with Gasteiger partial charge in [0.05, 0.1) is 11.0 Å². The summed E-state index contributed by atoms with van der Waals surface area (Å²) in [5, 5.41) is 5.30. The maximum absolute atomic E-state index is 4.55. The molecule has 0 spiro atoms. The minimum Gasteiger partial charge on any atom is -0.354 e. The lowest BCUT2D eigenvalue weighted by molar-refractivity contribution is 0.890. The van der Waals surface area contributed by atoms with Crippen LogP contribution in [0.3, 0.4) is 0 Å². The van der Waals surface area contributed by atoms with Gasteiger partial charge in [-0.1, -0.05) is 13.0 Å². The number of anilines is 2. The monoisotopic (exact) mass is 340 g/mol. The Morgan fingerprint density at radius 1 is 1.47 bits per heavy atom. The number of nitrogens with zero attached hydrogens (tertiary/aromatic N) is 3. The Labute approximate surface area is 126 Å². The van der Waals surface area contributed by atoms with Crippen molar-refractivity contribution in [3.05, 3.63) is 33.1 Å². The van der Waals surface area contributed by atoms with E-state index >= 15 is 0 Å². The zero-order chi connectivity index (χ0) is 13.7. The fourth-order valence-corrected chi connectivity index (χ4v) is 2.91. The number of thiophene rings is 1. The van der Waals surface area contributed by atoms with Crippen LogP contribution >= 0.6 is 27.3 Å². The van der Waals surface area contributed by atoms with E-state index < -0.39 is 0 Å². The number of halogens is 1. The van der Waals surface area contributed by atoms with Crippen LogP contribution in [-0.4, -0.2) is 23.6 Å². The lowest BCUT2D eigenvalue weighted by Crippen LogP contribution is -2.18. The van der Waals surface area contributed by atoms with Gasteiger partial charge in [-0.2, -0.15) is 4.98 Å². The molecule has 1 N–H and O–H groups in total. The van der Waals surface area contributed by atoms with E-state index in [0.29, 0.717) is 5.95 Å². The molecule has 2 aromatic heterocycles. The highest BCUT2D eigenvalue weighted by Gasteiger charge is 2.10. The van der Waals surface area contributed by atoms with E-state index in [1.165, 1.54) is 4.88 Å². The van der Waals surface area contributed by atoms with Crippen LogP contribution in [0.15, 0.2) is 28.2 Å². The van der Waals surface area contributed by atoms with Crippen LogP contribution in [0, 0.1) is 0 Å². The van der Waals surface area contributed by atoms with Crippen molar-refractivity contribution < 1.29 is 0 Å². The van der Waals surface area contributed by atoms with Gasteiger partial charge in [0.1, 0.15) is 5.82 Å². The molecule has 6 heteroatoms. The largest absolute Gasteiger partial charge is 0.354 e. The van der Waals surface area contributed by atoms with Gasteiger partial charge in [-0.05, 0) is 33.8 Å². The Morgan fingerprint density at radius 2 is 2.32 bits per heavy atom. The third-order valence-corrected chi connectivity index (χ3v) is 4.01. The number of aromatic nitrogens is 2. The molecule has 2 rings (SSSR count). The van der Waals surface area contributed by atoms with E-state index in [4.69, 9.17) is 0 Å². The molecule has 0 aliphatic carbocycles. The molecule has 4 nitrogen and oxygen atoms in total. The minimum absolute atomic E-state index is 0.679. The highest BCUT2D eigenvalue weighted by Crippen LogP contribution is 2.25. The second kappa shape index (κ2) is 6.86. The van der Waals surface area contributed by atoms with Crippen molar-refractivity contribution in [3.63, 3.8) is 0 Å². The average molecular weight is 341 g/mol. The third kappa shape index (κ3) is 3.91. The van der Waals surface area contributed by atoms with Crippen molar-refractivity contribution in [2.24, 2.45) is 0 Å². The number of rotatable bonds is 6. The standard InChI is InChI=1S/C13H17BrN4S/c1-3-6-15-13-16-8-11(14)12(17-13)18(2)9-10-5-4-7-19-10/h4-5,7-8H,3,6,9H2,1-2H3,(H,15,16,17). The number of hydrogen-bond donors (Lipinski definition) is 1. The first kappa shape index (κ1) is 14.3. The smallest absolute Gasteiger partial charge is 0.224 e. The lowest BCUT2D eigenvalue weighted by Gasteiger charge is -2.19. The maximum Gasteiger partial charge on any atom is 0.224 e. The van der Waals surface area contributed by atoms with Gasteiger partial charge >= 0.3 is 0 Å². The summed E-state index contributed by atoms with van der Waals surface area (Å²) in [4.78, 5) is 12.3. The first-order valence-electron chi connectivity index (χ1n) is 6.20. The molecule has 0 bridgehead atoms. The summed E-state index contributed by atoms with van der Waals surface area (Å²) in [6.07, 6.45) is 2.85. The minimum atomic E-state index is 0.679. The Kier molecular flexibility index (Phi) is 5.15. The van der Waals surface area contributed by atoms with Crippen LogP contribution in [0.1, 0.15) is 18.2 Å². The first-order valence-corrected chi connectivity index (χ1v) is 7.88. The van der Waals surface area contributed by atoms with Crippen LogP contribution in [0.25, 0.3) is 0 Å². The molecule has 0 saturated carbocycles. The summed E-state index contributed by atoms with van der Waals surface area (Å²) < 4.78 is 0.911. The Hall–Kier alpha value is -1.14. The molecule has 0 aliphatic heterocycles. The van der Waals surface area contributed by atoms with Crippen LogP contribution in [0.4, 0.5) is 11.8 Å². The molecule has 2 heterocycles. The summed E-state index contributed by atoms with van der Waals surface area (Å²) in [6, 6.07) is 4.20. The van der Waals surface area contributed by atoms with Gasteiger partial charge in [-0.15, -0.1) is 11.3 Å². The summed E-state index contributed by atoms with van der Waals surface area (Å²) in [6.45, 7) is 3.85. The molecule has 2 aromatic rings. The predicted molar refractivity (Wildman–Crippen MR) is 84.9 cm³/mol. The zero-order valence-electron chi connectivity index (χ0n) is 11.1. The lowest BCUT2D eigenvalue weighted by atomic mass is 10.4. The summed E-state index contributed by atoms with van der Waals surface area (Å²) in [5.41, 5.74) is 0. The first-order chi connectivity index (χ1) is 9.20. The van der Waals surface area contributed by atoms with Crippen molar-refractivity contribution in [1.29, 1.82) is 0 Å². The SMILES string of the molecule is CCCNc1ncc(Br)c(N(C)Cc2cccs2)n1. The summed E-state index contributed by atoms with van der Waals surface area (Å²) >= 11 is 5.27. The van der Waals surface area contributed by atoms with E-state index in [0.717, 1.165) is 29.8 Å². The molecular formula is C13H17BrN4S. The molecule has 0 atom stereocenters. The van der Waals surface area contributed by atoms with Gasteiger partial charge in [0, 0.05) is 24.7 Å². The van der Waals surface area contributed by atoms with Gasteiger partial charge in [0.25, 0.3) is 0 Å². The number of hydrogen-bond acceptors (Lipinski definition) is 5. The van der Waals surface area contributed by atoms with Crippen molar-refractivity contribution in [2.75, 3.05) is 23.8 Å². The normalized spacial score (nSPS) is 10.5. The molecule has 0 aromatic carbocycles. The topological polar surface area (TPSA) is 41.1 Å². The Morgan fingerprint density at radius 3 is 3.00 bits per heavy atom. The molecule has 0 amide bonds. The second-order valence-corrected chi connectivity index (χ2v) is 6.11. The highest BCUT2D eigenvalue weighted by atomic mass is 79.9. The fraction of sp³-hybridized carbons (Fsp3) is 0.385.